The topological polar surface area (TPSA) is 42.0 Å². The normalized spacial score (nSPS) is 10.6. The predicted octanol–water partition coefficient (Wildman–Crippen LogP) is 4.31. The molecule has 94 valence electrons. The Balaban J connectivity index is 1.95. The molecule has 1 N–H and O–H groups in total. The minimum Gasteiger partial charge on any atom is -0.320 e. The van der Waals surface area contributed by atoms with Crippen LogP contribution in [0, 0.1) is 0 Å². The monoisotopic (exact) mass is 332 g/mol. The Kier molecular flexibility index (Phi) is 3.31. The van der Waals surface area contributed by atoms with Crippen LogP contribution in [0.4, 0.5) is 5.69 Å². The van der Waals surface area contributed by atoms with Crippen LogP contribution >= 0.6 is 27.3 Å². The molecule has 0 aliphatic rings. The number of aromatic nitrogens is 1. The number of amides is 1. The van der Waals surface area contributed by atoms with Gasteiger partial charge in [-0.25, -0.2) is 0 Å². The molecule has 0 atom stereocenters. The number of halogens is 1. The third-order valence-corrected chi connectivity index (χ3v) is 4.22. The van der Waals surface area contributed by atoms with Gasteiger partial charge in [-0.1, -0.05) is 18.2 Å². The molecule has 0 unspecified atom stereocenters. The van der Waals surface area contributed by atoms with Gasteiger partial charge in [-0.05, 0) is 34.1 Å². The summed E-state index contributed by atoms with van der Waals surface area (Å²) in [6.45, 7) is 0. The molecule has 0 aliphatic heterocycles. The van der Waals surface area contributed by atoms with E-state index in [9.17, 15) is 4.79 Å². The minimum absolute atomic E-state index is 0.125. The van der Waals surface area contributed by atoms with E-state index in [1.165, 1.54) is 11.3 Å². The molecular weight excluding hydrogens is 324 g/mol. The second-order valence-corrected chi connectivity index (χ2v) is 6.26. The quantitative estimate of drug-likeness (QED) is 0.759. The fraction of sp³-hybridized carbons (Fsp3) is 0. The number of hydrogen-bond donors (Lipinski definition) is 1. The predicted molar refractivity (Wildman–Crippen MR) is 81.7 cm³/mol. The highest BCUT2D eigenvalue weighted by Gasteiger charge is 2.10. The van der Waals surface area contributed by atoms with Crippen LogP contribution in [0.5, 0.6) is 0 Å². The largest absolute Gasteiger partial charge is 0.320 e. The van der Waals surface area contributed by atoms with Crippen molar-refractivity contribution >= 4 is 49.8 Å². The van der Waals surface area contributed by atoms with Crippen molar-refractivity contribution < 1.29 is 4.79 Å². The maximum atomic E-state index is 12.1. The first kappa shape index (κ1) is 12.3. The van der Waals surface area contributed by atoms with Gasteiger partial charge in [-0.3, -0.25) is 9.78 Å². The zero-order chi connectivity index (χ0) is 13.2. The summed E-state index contributed by atoms with van der Waals surface area (Å²) in [5, 5.41) is 5.72. The molecular formula is C14H9BrN2OS. The van der Waals surface area contributed by atoms with Gasteiger partial charge in [-0.15, -0.1) is 11.3 Å². The zero-order valence-corrected chi connectivity index (χ0v) is 12.2. The lowest BCUT2D eigenvalue weighted by molar-refractivity contribution is 0.102. The molecule has 0 saturated heterocycles. The number of nitrogens with one attached hydrogen (secondary N) is 1. The summed E-state index contributed by atoms with van der Waals surface area (Å²) in [5.41, 5.74) is 2.17. The molecule has 1 amide bonds. The van der Waals surface area contributed by atoms with E-state index in [0.717, 1.165) is 20.4 Å². The van der Waals surface area contributed by atoms with Crippen LogP contribution in [0.2, 0.25) is 0 Å². The average molecular weight is 333 g/mol. The molecule has 0 radical (unpaired) electrons. The van der Waals surface area contributed by atoms with Gasteiger partial charge in [-0.2, -0.15) is 0 Å². The van der Waals surface area contributed by atoms with Crippen molar-refractivity contribution in [2.24, 2.45) is 0 Å². The van der Waals surface area contributed by atoms with Gasteiger partial charge >= 0.3 is 0 Å². The summed E-state index contributed by atoms with van der Waals surface area (Å²) < 4.78 is 0.939. The number of pyridine rings is 1. The molecule has 0 fully saturated rings. The number of hydrogen-bond acceptors (Lipinski definition) is 3. The summed E-state index contributed by atoms with van der Waals surface area (Å²) in [5.74, 6) is -0.125. The van der Waals surface area contributed by atoms with Crippen LogP contribution in [0.1, 0.15) is 10.4 Å². The van der Waals surface area contributed by atoms with E-state index in [0.29, 0.717) is 5.56 Å². The van der Waals surface area contributed by atoms with Gasteiger partial charge in [0.05, 0.1) is 20.6 Å². The van der Waals surface area contributed by atoms with Crippen molar-refractivity contribution in [1.29, 1.82) is 0 Å². The van der Waals surface area contributed by atoms with E-state index in [1.54, 1.807) is 12.3 Å². The van der Waals surface area contributed by atoms with E-state index in [2.05, 4.69) is 26.2 Å². The summed E-state index contributed by atoms with van der Waals surface area (Å²) in [6, 6.07) is 11.4. The van der Waals surface area contributed by atoms with Crippen LogP contribution < -0.4 is 5.32 Å². The fourth-order valence-electron chi connectivity index (χ4n) is 1.83. The highest BCUT2D eigenvalue weighted by atomic mass is 79.9. The van der Waals surface area contributed by atoms with Gasteiger partial charge < -0.3 is 5.32 Å². The van der Waals surface area contributed by atoms with E-state index in [1.807, 2.05) is 35.7 Å². The van der Waals surface area contributed by atoms with Crippen LogP contribution in [-0.2, 0) is 0 Å². The molecule has 2 heterocycles. The SMILES string of the molecule is O=C(Nc1cccc2cccnc12)c1csc(Br)c1. The van der Waals surface area contributed by atoms with Crippen LogP contribution in [0.25, 0.3) is 10.9 Å². The number of carbonyl (C=O) groups is 1. The van der Waals surface area contributed by atoms with E-state index < -0.39 is 0 Å². The molecule has 0 saturated carbocycles. The molecule has 0 bridgehead atoms. The Morgan fingerprint density at radius 3 is 2.89 bits per heavy atom. The van der Waals surface area contributed by atoms with Gasteiger partial charge in [0.25, 0.3) is 5.91 Å². The van der Waals surface area contributed by atoms with Crippen molar-refractivity contribution in [1.82, 2.24) is 4.98 Å². The first-order valence-electron chi connectivity index (χ1n) is 5.63. The highest BCUT2D eigenvalue weighted by molar-refractivity contribution is 9.11. The molecule has 1 aromatic carbocycles. The first-order valence-corrected chi connectivity index (χ1v) is 7.30. The maximum absolute atomic E-state index is 12.1. The maximum Gasteiger partial charge on any atom is 0.256 e. The molecule has 5 heteroatoms. The van der Waals surface area contributed by atoms with E-state index in [-0.39, 0.29) is 5.91 Å². The van der Waals surface area contributed by atoms with Crippen LogP contribution in [0.3, 0.4) is 0 Å². The molecule has 0 aliphatic carbocycles. The average Bonchev–Trinajstić information content (AvgIpc) is 2.86. The second kappa shape index (κ2) is 5.11. The smallest absolute Gasteiger partial charge is 0.256 e. The summed E-state index contributed by atoms with van der Waals surface area (Å²) in [7, 11) is 0. The van der Waals surface area contributed by atoms with E-state index >= 15 is 0 Å². The lowest BCUT2D eigenvalue weighted by atomic mass is 10.2. The minimum atomic E-state index is -0.125. The lowest BCUT2D eigenvalue weighted by Gasteiger charge is -2.06. The van der Waals surface area contributed by atoms with Crippen molar-refractivity contribution in [2.45, 2.75) is 0 Å². The fourth-order valence-corrected chi connectivity index (χ4v) is 2.97. The molecule has 3 rings (SSSR count). The molecule has 0 spiro atoms. The Morgan fingerprint density at radius 2 is 2.11 bits per heavy atom. The molecule has 3 aromatic rings. The summed E-state index contributed by atoms with van der Waals surface area (Å²) in [6.07, 6.45) is 1.72. The Labute approximate surface area is 122 Å². The number of nitrogens with zero attached hydrogens (tertiary/aromatic N) is 1. The van der Waals surface area contributed by atoms with Crippen LogP contribution in [-0.4, -0.2) is 10.9 Å². The molecule has 2 aromatic heterocycles. The van der Waals surface area contributed by atoms with Gasteiger partial charge in [0, 0.05) is 17.0 Å². The summed E-state index contributed by atoms with van der Waals surface area (Å²) in [4.78, 5) is 16.4. The van der Waals surface area contributed by atoms with Gasteiger partial charge in [0.15, 0.2) is 0 Å². The number of carbonyl (C=O) groups excluding carboxylic acids is 1. The number of anilines is 1. The van der Waals surface area contributed by atoms with Crippen molar-refractivity contribution in [2.75, 3.05) is 5.32 Å². The third-order valence-electron chi connectivity index (χ3n) is 2.71. The standard InChI is InChI=1S/C14H9BrN2OS/c15-12-7-10(8-19-12)14(18)17-11-5-1-3-9-4-2-6-16-13(9)11/h1-8H,(H,17,18). The van der Waals surface area contributed by atoms with Crippen molar-refractivity contribution in [3.8, 4) is 0 Å². The second-order valence-electron chi connectivity index (χ2n) is 3.97. The number of benzene rings is 1. The number of para-hydroxylation sites is 1. The lowest BCUT2D eigenvalue weighted by Crippen LogP contribution is -2.11. The Hall–Kier alpha value is -1.72. The Morgan fingerprint density at radius 1 is 1.26 bits per heavy atom. The van der Waals surface area contributed by atoms with Crippen molar-refractivity contribution in [3.63, 3.8) is 0 Å². The Bertz CT molecular complexity index is 749. The van der Waals surface area contributed by atoms with Crippen LogP contribution in [0.15, 0.2) is 51.8 Å². The zero-order valence-electron chi connectivity index (χ0n) is 9.76. The molecule has 3 nitrogen and oxygen atoms in total. The van der Waals surface area contributed by atoms with Gasteiger partial charge in [0.2, 0.25) is 0 Å². The molecule has 19 heavy (non-hydrogen) atoms. The number of fused-ring (bicyclic) bond motifs is 1. The third kappa shape index (κ3) is 2.52. The number of rotatable bonds is 2. The van der Waals surface area contributed by atoms with Gasteiger partial charge in [0.1, 0.15) is 0 Å². The van der Waals surface area contributed by atoms with E-state index in [4.69, 9.17) is 0 Å². The first-order chi connectivity index (χ1) is 9.24. The van der Waals surface area contributed by atoms with Crippen molar-refractivity contribution in [3.05, 3.63) is 57.3 Å². The number of thiophene rings is 1. The summed E-state index contributed by atoms with van der Waals surface area (Å²) >= 11 is 4.84. The highest BCUT2D eigenvalue weighted by Crippen LogP contribution is 2.24.